The quantitative estimate of drug-likeness (QED) is 0.619. The highest BCUT2D eigenvalue weighted by Crippen LogP contribution is 1.97. The van der Waals surface area contributed by atoms with Crippen LogP contribution >= 0.6 is 12.4 Å². The lowest BCUT2D eigenvalue weighted by atomic mass is 10.1. The Labute approximate surface area is 116 Å². The molecule has 0 aliphatic carbocycles. The molecule has 0 bridgehead atoms. The fraction of sp³-hybridized carbons (Fsp3) is 0.833. The fourth-order valence-electron chi connectivity index (χ4n) is 1.18. The van der Waals surface area contributed by atoms with Gasteiger partial charge in [-0.2, -0.15) is 0 Å². The minimum Gasteiger partial charge on any atom is -0.356 e. The van der Waals surface area contributed by atoms with Gasteiger partial charge in [0.15, 0.2) is 0 Å². The Balaban J connectivity index is 0. The molecular weight excluding hydrogens is 254 g/mol. The van der Waals surface area contributed by atoms with E-state index in [1.165, 1.54) is 0 Å². The van der Waals surface area contributed by atoms with E-state index in [4.69, 9.17) is 5.73 Å². The van der Waals surface area contributed by atoms with Crippen LogP contribution in [0.4, 0.5) is 0 Å². The van der Waals surface area contributed by atoms with Crippen molar-refractivity contribution in [2.45, 2.75) is 52.0 Å². The number of nitrogens with two attached hydrogens (primary N) is 1. The molecule has 0 fully saturated rings. The molecule has 0 saturated carbocycles. The minimum absolute atomic E-state index is 0. The highest BCUT2D eigenvalue weighted by Gasteiger charge is 2.12. The van der Waals surface area contributed by atoms with Crippen molar-refractivity contribution >= 4 is 24.2 Å². The number of rotatable bonds is 8. The normalized spacial score (nSPS) is 10.4. The Morgan fingerprint density at radius 1 is 1.11 bits per heavy atom. The van der Waals surface area contributed by atoms with Gasteiger partial charge >= 0.3 is 0 Å². The van der Waals surface area contributed by atoms with E-state index < -0.39 is 5.54 Å². The maximum absolute atomic E-state index is 11.4. The van der Waals surface area contributed by atoms with Crippen LogP contribution in [0.1, 0.15) is 46.5 Å². The molecule has 18 heavy (non-hydrogen) atoms. The number of halogens is 1. The number of carbonyl (C=O) groups excluding carboxylic acids is 2. The molecule has 0 radical (unpaired) electrons. The van der Waals surface area contributed by atoms with Gasteiger partial charge in [-0.1, -0.05) is 6.92 Å². The molecule has 5 nitrogen and oxygen atoms in total. The summed E-state index contributed by atoms with van der Waals surface area (Å²) in [5, 5.41) is 5.52. The maximum atomic E-state index is 11.4. The highest BCUT2D eigenvalue weighted by atomic mass is 35.5. The van der Waals surface area contributed by atoms with Crippen LogP contribution in [0.5, 0.6) is 0 Å². The maximum Gasteiger partial charge on any atom is 0.220 e. The molecule has 0 saturated heterocycles. The molecular formula is C12H26ClN3O2. The molecule has 4 N–H and O–H groups in total. The second-order valence-corrected chi connectivity index (χ2v) is 4.97. The number of hydrogen-bond acceptors (Lipinski definition) is 3. The molecule has 108 valence electrons. The second kappa shape index (κ2) is 10.1. The second-order valence-electron chi connectivity index (χ2n) is 4.97. The average Bonchev–Trinajstić information content (AvgIpc) is 2.22. The van der Waals surface area contributed by atoms with Gasteiger partial charge in [0.05, 0.1) is 0 Å². The Hall–Kier alpha value is -0.810. The van der Waals surface area contributed by atoms with Crippen LogP contribution < -0.4 is 16.4 Å². The summed E-state index contributed by atoms with van der Waals surface area (Å²) < 4.78 is 0. The minimum atomic E-state index is -0.395. The molecule has 0 aromatic carbocycles. The lowest BCUT2D eigenvalue weighted by Gasteiger charge is -2.18. The predicted molar refractivity (Wildman–Crippen MR) is 75.7 cm³/mol. The topological polar surface area (TPSA) is 84.2 Å². The zero-order valence-corrected chi connectivity index (χ0v) is 12.4. The number of nitrogens with one attached hydrogen (secondary N) is 2. The zero-order valence-electron chi connectivity index (χ0n) is 11.5. The molecule has 0 aliphatic rings. The third-order valence-corrected chi connectivity index (χ3v) is 2.12. The Morgan fingerprint density at radius 3 is 2.06 bits per heavy atom. The molecule has 2 amide bonds. The molecule has 0 atom stereocenters. The molecule has 0 spiro atoms. The lowest BCUT2D eigenvalue weighted by molar-refractivity contribution is -0.122. The SMILES string of the molecule is CCCNC(=O)CCCC(=O)NCC(C)(C)N.Cl. The first-order valence-corrected chi connectivity index (χ1v) is 6.17. The third kappa shape index (κ3) is 13.3. The summed E-state index contributed by atoms with van der Waals surface area (Å²) in [4.78, 5) is 22.6. The number of carbonyl (C=O) groups is 2. The summed E-state index contributed by atoms with van der Waals surface area (Å²) in [6, 6.07) is 0. The number of amides is 2. The van der Waals surface area contributed by atoms with Gasteiger partial charge in [0.1, 0.15) is 0 Å². The lowest BCUT2D eigenvalue weighted by Crippen LogP contribution is -2.45. The molecule has 0 heterocycles. The van der Waals surface area contributed by atoms with E-state index in [0.717, 1.165) is 6.42 Å². The van der Waals surface area contributed by atoms with Gasteiger partial charge in [-0.3, -0.25) is 9.59 Å². The molecule has 0 unspecified atom stereocenters. The summed E-state index contributed by atoms with van der Waals surface area (Å²) >= 11 is 0. The third-order valence-electron chi connectivity index (χ3n) is 2.12. The first-order valence-electron chi connectivity index (χ1n) is 6.17. The highest BCUT2D eigenvalue weighted by molar-refractivity contribution is 5.85. The Bertz CT molecular complexity index is 252. The number of hydrogen-bond donors (Lipinski definition) is 3. The van der Waals surface area contributed by atoms with Crippen molar-refractivity contribution in [2.24, 2.45) is 5.73 Å². The van der Waals surface area contributed by atoms with Gasteiger partial charge in [-0.25, -0.2) is 0 Å². The van der Waals surface area contributed by atoms with Crippen LogP contribution in [0.15, 0.2) is 0 Å². The van der Waals surface area contributed by atoms with E-state index in [1.54, 1.807) is 0 Å². The van der Waals surface area contributed by atoms with Crippen LogP contribution in [0.2, 0.25) is 0 Å². The van der Waals surface area contributed by atoms with E-state index in [2.05, 4.69) is 10.6 Å². The van der Waals surface area contributed by atoms with Gasteiger partial charge in [0, 0.05) is 31.5 Å². The van der Waals surface area contributed by atoms with Gasteiger partial charge < -0.3 is 16.4 Å². The molecule has 0 aromatic heterocycles. The van der Waals surface area contributed by atoms with Crippen molar-refractivity contribution < 1.29 is 9.59 Å². The van der Waals surface area contributed by atoms with Crippen molar-refractivity contribution in [3.63, 3.8) is 0 Å². The van der Waals surface area contributed by atoms with Crippen LogP contribution in [0, 0.1) is 0 Å². The standard InChI is InChI=1S/C12H25N3O2.ClH/c1-4-8-14-10(16)6-5-7-11(17)15-9-12(2,3)13;/h4-9,13H2,1-3H3,(H,14,16)(H,15,17);1H. The van der Waals surface area contributed by atoms with Gasteiger partial charge in [-0.15, -0.1) is 12.4 Å². The first kappa shape index (κ1) is 19.5. The van der Waals surface area contributed by atoms with E-state index in [-0.39, 0.29) is 24.2 Å². The molecule has 0 rings (SSSR count). The van der Waals surface area contributed by atoms with Crippen molar-refractivity contribution in [2.75, 3.05) is 13.1 Å². The van der Waals surface area contributed by atoms with Gasteiger partial charge in [-0.05, 0) is 26.7 Å². The zero-order chi connectivity index (χ0) is 13.3. The van der Waals surface area contributed by atoms with Gasteiger partial charge in [0.2, 0.25) is 11.8 Å². The average molecular weight is 280 g/mol. The molecule has 0 aliphatic heterocycles. The molecule has 0 aromatic rings. The fourth-order valence-corrected chi connectivity index (χ4v) is 1.18. The smallest absolute Gasteiger partial charge is 0.220 e. The Kier molecular flexibility index (Phi) is 11.0. The van der Waals surface area contributed by atoms with Crippen LogP contribution in [0.25, 0.3) is 0 Å². The summed E-state index contributed by atoms with van der Waals surface area (Å²) in [6.07, 6.45) is 2.28. The predicted octanol–water partition coefficient (Wildman–Crippen LogP) is 0.958. The summed E-state index contributed by atoms with van der Waals surface area (Å²) in [5.41, 5.74) is 5.34. The van der Waals surface area contributed by atoms with E-state index in [0.29, 0.717) is 32.4 Å². The van der Waals surface area contributed by atoms with Crippen molar-refractivity contribution in [1.29, 1.82) is 0 Å². The van der Waals surface area contributed by atoms with E-state index in [9.17, 15) is 9.59 Å². The van der Waals surface area contributed by atoms with Crippen molar-refractivity contribution in [3.8, 4) is 0 Å². The summed E-state index contributed by atoms with van der Waals surface area (Å²) in [6.45, 7) is 6.86. The summed E-state index contributed by atoms with van der Waals surface area (Å²) in [5.74, 6) is -0.0365. The van der Waals surface area contributed by atoms with E-state index >= 15 is 0 Å². The first-order chi connectivity index (χ1) is 7.85. The van der Waals surface area contributed by atoms with Crippen molar-refractivity contribution in [3.05, 3.63) is 0 Å². The Morgan fingerprint density at radius 2 is 1.61 bits per heavy atom. The van der Waals surface area contributed by atoms with Crippen LogP contribution in [-0.4, -0.2) is 30.4 Å². The van der Waals surface area contributed by atoms with E-state index in [1.807, 2.05) is 20.8 Å². The largest absolute Gasteiger partial charge is 0.356 e. The monoisotopic (exact) mass is 279 g/mol. The molecule has 6 heteroatoms. The van der Waals surface area contributed by atoms with Crippen molar-refractivity contribution in [1.82, 2.24) is 10.6 Å². The van der Waals surface area contributed by atoms with Gasteiger partial charge in [0.25, 0.3) is 0 Å². The van der Waals surface area contributed by atoms with Crippen LogP contribution in [0.3, 0.4) is 0 Å². The summed E-state index contributed by atoms with van der Waals surface area (Å²) in [7, 11) is 0. The van der Waals surface area contributed by atoms with Crippen LogP contribution in [-0.2, 0) is 9.59 Å².